The van der Waals surface area contributed by atoms with Crippen LogP contribution in [-0.4, -0.2) is 32.1 Å². The molecule has 0 spiro atoms. The molecule has 72 valence electrons. The van der Waals surface area contributed by atoms with E-state index in [0.29, 0.717) is 13.2 Å². The number of esters is 1. The predicted molar refractivity (Wildman–Crippen MR) is 43.7 cm³/mol. The van der Waals surface area contributed by atoms with Crippen LogP contribution >= 0.6 is 0 Å². The zero-order valence-electron chi connectivity index (χ0n) is 7.83. The Morgan fingerprint density at radius 1 is 1.33 bits per heavy atom. The normalized spacial score (nSPS) is 12.6. The number of rotatable bonds is 6. The first-order valence-electron chi connectivity index (χ1n) is 4.09. The van der Waals surface area contributed by atoms with Crippen LogP contribution in [0.15, 0.2) is 0 Å². The molecule has 0 radical (unpaired) electrons. The minimum Gasteiger partial charge on any atom is -0.434 e. The molecule has 0 N–H and O–H groups in total. The Kier molecular flexibility index (Phi) is 6.70. The Hall–Kier alpha value is -0.610. The second-order valence-corrected chi connectivity index (χ2v) is 2.15. The van der Waals surface area contributed by atoms with Gasteiger partial charge in [0.05, 0.1) is 0 Å². The molecule has 4 nitrogen and oxygen atoms in total. The standard InChI is InChI=1S/C8H16O4/c1-4-10-6-8(9)12-7(3)11-5-2/h7H,4-6H2,1-3H3. The predicted octanol–water partition coefficient (Wildman–Crippen LogP) is 0.949. The Bertz CT molecular complexity index is 124. The van der Waals surface area contributed by atoms with E-state index in [0.717, 1.165) is 0 Å². The molecule has 0 aromatic heterocycles. The third-order valence-electron chi connectivity index (χ3n) is 1.12. The highest BCUT2D eigenvalue weighted by Crippen LogP contribution is 1.93. The molecule has 0 aromatic rings. The van der Waals surface area contributed by atoms with Crippen molar-refractivity contribution in [2.75, 3.05) is 19.8 Å². The summed E-state index contributed by atoms with van der Waals surface area (Å²) in [4.78, 5) is 10.9. The lowest BCUT2D eigenvalue weighted by Gasteiger charge is -2.12. The lowest BCUT2D eigenvalue weighted by molar-refractivity contribution is -0.178. The zero-order chi connectivity index (χ0) is 9.40. The van der Waals surface area contributed by atoms with E-state index in [1.165, 1.54) is 0 Å². The topological polar surface area (TPSA) is 44.8 Å². The summed E-state index contributed by atoms with van der Waals surface area (Å²) in [6.07, 6.45) is -0.483. The molecular weight excluding hydrogens is 160 g/mol. The van der Waals surface area contributed by atoms with Gasteiger partial charge in [0.15, 0.2) is 6.29 Å². The van der Waals surface area contributed by atoms with E-state index in [1.54, 1.807) is 6.92 Å². The molecule has 0 aliphatic rings. The summed E-state index contributed by atoms with van der Waals surface area (Å²) in [5.41, 5.74) is 0. The van der Waals surface area contributed by atoms with Crippen LogP contribution in [0.25, 0.3) is 0 Å². The van der Waals surface area contributed by atoms with Gasteiger partial charge in [0.25, 0.3) is 0 Å². The quantitative estimate of drug-likeness (QED) is 0.446. The Balaban J connectivity index is 3.40. The molecule has 0 aromatic carbocycles. The molecule has 0 heterocycles. The van der Waals surface area contributed by atoms with E-state index >= 15 is 0 Å². The summed E-state index contributed by atoms with van der Waals surface area (Å²) in [6.45, 7) is 6.37. The molecule has 0 aliphatic carbocycles. The van der Waals surface area contributed by atoms with Crippen LogP contribution in [0.2, 0.25) is 0 Å². The molecular formula is C8H16O4. The summed E-state index contributed by atoms with van der Waals surface area (Å²) >= 11 is 0. The van der Waals surface area contributed by atoms with Crippen LogP contribution in [0.5, 0.6) is 0 Å². The number of carbonyl (C=O) groups is 1. The van der Waals surface area contributed by atoms with Crippen molar-refractivity contribution < 1.29 is 19.0 Å². The Morgan fingerprint density at radius 2 is 2.00 bits per heavy atom. The first kappa shape index (κ1) is 11.4. The third kappa shape index (κ3) is 6.12. The summed E-state index contributed by atoms with van der Waals surface area (Å²) in [7, 11) is 0. The van der Waals surface area contributed by atoms with E-state index in [4.69, 9.17) is 14.2 Å². The minimum atomic E-state index is -0.483. The molecule has 0 rings (SSSR count). The minimum absolute atomic E-state index is 0.00604. The van der Waals surface area contributed by atoms with Crippen molar-refractivity contribution in [3.8, 4) is 0 Å². The molecule has 0 amide bonds. The van der Waals surface area contributed by atoms with Crippen molar-refractivity contribution in [2.24, 2.45) is 0 Å². The fourth-order valence-corrected chi connectivity index (χ4v) is 0.673. The second kappa shape index (κ2) is 7.06. The van der Waals surface area contributed by atoms with Gasteiger partial charge in [-0.2, -0.15) is 0 Å². The molecule has 0 aliphatic heterocycles. The van der Waals surface area contributed by atoms with Crippen molar-refractivity contribution >= 4 is 5.97 Å². The third-order valence-corrected chi connectivity index (χ3v) is 1.12. The molecule has 1 atom stereocenters. The fourth-order valence-electron chi connectivity index (χ4n) is 0.673. The summed E-state index contributed by atoms with van der Waals surface area (Å²) in [5.74, 6) is -0.391. The number of carbonyl (C=O) groups excluding carboxylic acids is 1. The SMILES string of the molecule is CCOCC(=O)OC(C)OCC. The van der Waals surface area contributed by atoms with Gasteiger partial charge in [-0.05, 0) is 20.8 Å². The van der Waals surface area contributed by atoms with Crippen molar-refractivity contribution in [1.82, 2.24) is 0 Å². The second-order valence-electron chi connectivity index (χ2n) is 2.15. The van der Waals surface area contributed by atoms with E-state index < -0.39 is 12.3 Å². The maximum absolute atomic E-state index is 10.9. The van der Waals surface area contributed by atoms with Crippen LogP contribution in [0.3, 0.4) is 0 Å². The summed E-state index contributed by atoms with van der Waals surface area (Å²) in [6, 6.07) is 0. The maximum Gasteiger partial charge on any atom is 0.334 e. The van der Waals surface area contributed by atoms with Gasteiger partial charge in [-0.15, -0.1) is 0 Å². The first-order valence-corrected chi connectivity index (χ1v) is 4.09. The first-order chi connectivity index (χ1) is 5.70. The Labute approximate surface area is 72.8 Å². The number of hydrogen-bond acceptors (Lipinski definition) is 4. The van der Waals surface area contributed by atoms with Gasteiger partial charge < -0.3 is 14.2 Å². The van der Waals surface area contributed by atoms with Crippen molar-refractivity contribution in [2.45, 2.75) is 27.1 Å². The lowest BCUT2D eigenvalue weighted by atomic mass is 10.6. The summed E-state index contributed by atoms with van der Waals surface area (Å²) in [5, 5.41) is 0. The monoisotopic (exact) mass is 176 g/mol. The summed E-state index contributed by atoms with van der Waals surface area (Å²) < 4.78 is 14.6. The van der Waals surface area contributed by atoms with E-state index in [1.807, 2.05) is 13.8 Å². The zero-order valence-corrected chi connectivity index (χ0v) is 7.83. The Morgan fingerprint density at radius 3 is 2.50 bits per heavy atom. The fraction of sp³-hybridized carbons (Fsp3) is 0.875. The van der Waals surface area contributed by atoms with Gasteiger partial charge in [0.2, 0.25) is 0 Å². The molecule has 1 unspecified atom stereocenters. The van der Waals surface area contributed by atoms with Crippen molar-refractivity contribution in [1.29, 1.82) is 0 Å². The van der Waals surface area contributed by atoms with E-state index in [2.05, 4.69) is 0 Å². The molecule has 0 bridgehead atoms. The maximum atomic E-state index is 10.9. The van der Waals surface area contributed by atoms with Crippen LogP contribution < -0.4 is 0 Å². The van der Waals surface area contributed by atoms with Gasteiger partial charge in [-0.25, -0.2) is 4.79 Å². The number of ether oxygens (including phenoxy) is 3. The largest absolute Gasteiger partial charge is 0.434 e. The highest BCUT2D eigenvalue weighted by Gasteiger charge is 2.07. The molecule has 12 heavy (non-hydrogen) atoms. The van der Waals surface area contributed by atoms with Crippen LogP contribution in [0, 0.1) is 0 Å². The van der Waals surface area contributed by atoms with E-state index in [9.17, 15) is 4.79 Å². The van der Waals surface area contributed by atoms with Gasteiger partial charge in [0.1, 0.15) is 6.61 Å². The van der Waals surface area contributed by atoms with Gasteiger partial charge >= 0.3 is 5.97 Å². The smallest absolute Gasteiger partial charge is 0.334 e. The van der Waals surface area contributed by atoms with E-state index in [-0.39, 0.29) is 6.61 Å². The number of hydrogen-bond donors (Lipinski definition) is 0. The van der Waals surface area contributed by atoms with Gasteiger partial charge in [-0.1, -0.05) is 0 Å². The molecule has 0 saturated carbocycles. The van der Waals surface area contributed by atoms with Gasteiger partial charge in [-0.3, -0.25) is 0 Å². The average Bonchev–Trinajstić information content (AvgIpc) is 2.01. The van der Waals surface area contributed by atoms with Crippen LogP contribution in [0.4, 0.5) is 0 Å². The lowest BCUT2D eigenvalue weighted by Crippen LogP contribution is -2.21. The molecule has 4 heteroatoms. The highest BCUT2D eigenvalue weighted by atomic mass is 16.7. The van der Waals surface area contributed by atoms with Crippen molar-refractivity contribution in [3.63, 3.8) is 0 Å². The molecule has 0 fully saturated rings. The van der Waals surface area contributed by atoms with Gasteiger partial charge in [0, 0.05) is 13.2 Å². The molecule has 0 saturated heterocycles. The highest BCUT2D eigenvalue weighted by molar-refractivity contribution is 5.70. The van der Waals surface area contributed by atoms with Crippen molar-refractivity contribution in [3.05, 3.63) is 0 Å². The average molecular weight is 176 g/mol. The van der Waals surface area contributed by atoms with Crippen LogP contribution in [0.1, 0.15) is 20.8 Å². The van der Waals surface area contributed by atoms with Crippen LogP contribution in [-0.2, 0) is 19.0 Å².